The SMILES string of the molecule is Cc1ccc(Oc2c(C)cc(P(=O)(O)O)cc2C)cc1F. The first-order valence-electron chi connectivity index (χ1n) is 6.30. The Balaban J connectivity index is 2.41. The van der Waals surface area contributed by atoms with Crippen molar-refractivity contribution in [2.45, 2.75) is 20.8 Å². The van der Waals surface area contributed by atoms with Gasteiger partial charge >= 0.3 is 7.60 Å². The molecule has 0 radical (unpaired) electrons. The molecule has 0 aromatic heterocycles. The van der Waals surface area contributed by atoms with Crippen molar-refractivity contribution in [3.8, 4) is 11.5 Å². The molecule has 4 nitrogen and oxygen atoms in total. The van der Waals surface area contributed by atoms with E-state index in [2.05, 4.69) is 0 Å². The summed E-state index contributed by atoms with van der Waals surface area (Å²) >= 11 is 0. The molecule has 0 aliphatic heterocycles. The molecule has 0 fully saturated rings. The van der Waals surface area contributed by atoms with Crippen LogP contribution in [0, 0.1) is 26.6 Å². The highest BCUT2D eigenvalue weighted by Gasteiger charge is 2.20. The van der Waals surface area contributed by atoms with E-state index < -0.39 is 7.60 Å². The van der Waals surface area contributed by atoms with Gasteiger partial charge in [0.05, 0.1) is 5.30 Å². The Morgan fingerprint density at radius 1 is 1.00 bits per heavy atom. The molecule has 0 atom stereocenters. The van der Waals surface area contributed by atoms with Gasteiger partial charge < -0.3 is 14.5 Å². The van der Waals surface area contributed by atoms with Crippen LogP contribution in [0.5, 0.6) is 11.5 Å². The van der Waals surface area contributed by atoms with E-state index in [4.69, 9.17) is 4.74 Å². The number of benzene rings is 2. The van der Waals surface area contributed by atoms with Crippen molar-refractivity contribution in [1.29, 1.82) is 0 Å². The molecule has 0 saturated heterocycles. The molecular formula is C15H16FO4P. The number of hydrogen-bond donors (Lipinski definition) is 2. The molecule has 0 aliphatic rings. The Labute approximate surface area is 122 Å². The number of ether oxygens (including phenoxy) is 1. The summed E-state index contributed by atoms with van der Waals surface area (Å²) in [6.07, 6.45) is 0. The van der Waals surface area contributed by atoms with E-state index in [1.54, 1.807) is 32.9 Å². The maximum Gasteiger partial charge on any atom is 0.356 e. The first kappa shape index (κ1) is 15.7. The maximum absolute atomic E-state index is 13.5. The molecule has 2 N–H and O–H groups in total. The van der Waals surface area contributed by atoms with Gasteiger partial charge in [0.15, 0.2) is 0 Å². The standard InChI is InChI=1S/C15H16FO4P/c1-9-4-5-12(8-14(9)16)20-15-10(2)6-13(7-11(15)3)21(17,18)19/h4-8H,1-3H3,(H2,17,18,19). The minimum Gasteiger partial charge on any atom is -0.457 e. The Kier molecular flexibility index (Phi) is 4.19. The summed E-state index contributed by atoms with van der Waals surface area (Å²) in [5.41, 5.74) is 1.68. The van der Waals surface area contributed by atoms with Gasteiger partial charge in [-0.15, -0.1) is 0 Å². The van der Waals surface area contributed by atoms with Crippen LogP contribution in [-0.4, -0.2) is 9.79 Å². The van der Waals surface area contributed by atoms with Crippen LogP contribution in [0.1, 0.15) is 16.7 Å². The average molecular weight is 310 g/mol. The fourth-order valence-corrected chi connectivity index (χ4v) is 2.74. The summed E-state index contributed by atoms with van der Waals surface area (Å²) in [7, 11) is -4.30. The zero-order chi connectivity index (χ0) is 15.8. The van der Waals surface area contributed by atoms with Crippen LogP contribution < -0.4 is 10.0 Å². The zero-order valence-electron chi connectivity index (χ0n) is 11.9. The molecule has 0 heterocycles. The van der Waals surface area contributed by atoms with Gasteiger partial charge in [-0.3, -0.25) is 4.57 Å². The van der Waals surface area contributed by atoms with Gasteiger partial charge in [0.25, 0.3) is 0 Å². The Hall–Kier alpha value is -1.68. The van der Waals surface area contributed by atoms with E-state index in [1.807, 2.05) is 0 Å². The van der Waals surface area contributed by atoms with Gasteiger partial charge in [0.1, 0.15) is 17.3 Å². The molecule has 2 rings (SSSR count). The minimum absolute atomic E-state index is 0.0556. The van der Waals surface area contributed by atoms with Gasteiger partial charge in [-0.25, -0.2) is 4.39 Å². The van der Waals surface area contributed by atoms with Crippen LogP contribution in [0.3, 0.4) is 0 Å². The number of aryl methyl sites for hydroxylation is 3. The molecule has 0 aliphatic carbocycles. The van der Waals surface area contributed by atoms with Crippen LogP contribution in [0.4, 0.5) is 4.39 Å². The molecule has 2 aromatic rings. The lowest BCUT2D eigenvalue weighted by atomic mass is 10.1. The maximum atomic E-state index is 13.5. The third-order valence-electron chi connectivity index (χ3n) is 3.14. The highest BCUT2D eigenvalue weighted by Crippen LogP contribution is 2.37. The highest BCUT2D eigenvalue weighted by atomic mass is 31.2. The molecule has 2 aromatic carbocycles. The quantitative estimate of drug-likeness (QED) is 0.853. The highest BCUT2D eigenvalue weighted by molar-refractivity contribution is 7.60. The molecule has 112 valence electrons. The molecule has 21 heavy (non-hydrogen) atoms. The summed E-state index contributed by atoms with van der Waals surface area (Å²) in [5.74, 6) is 0.443. The zero-order valence-corrected chi connectivity index (χ0v) is 12.8. The summed E-state index contributed by atoms with van der Waals surface area (Å²) in [6.45, 7) is 5.03. The Morgan fingerprint density at radius 2 is 1.57 bits per heavy atom. The second kappa shape index (κ2) is 5.60. The van der Waals surface area contributed by atoms with Crippen LogP contribution in [0.15, 0.2) is 30.3 Å². The molecule has 0 saturated carbocycles. The van der Waals surface area contributed by atoms with Crippen molar-refractivity contribution < 1.29 is 23.5 Å². The normalized spacial score (nSPS) is 11.5. The lowest BCUT2D eigenvalue weighted by Crippen LogP contribution is -2.07. The summed E-state index contributed by atoms with van der Waals surface area (Å²) in [6, 6.07) is 7.31. The monoisotopic (exact) mass is 310 g/mol. The summed E-state index contributed by atoms with van der Waals surface area (Å²) in [5, 5.41) is -0.0556. The second-order valence-electron chi connectivity index (χ2n) is 4.97. The molecule has 0 unspecified atom stereocenters. The molecule has 0 amide bonds. The topological polar surface area (TPSA) is 66.8 Å². The van der Waals surface area contributed by atoms with Crippen molar-refractivity contribution in [1.82, 2.24) is 0 Å². The van der Waals surface area contributed by atoms with Gasteiger partial charge in [0, 0.05) is 6.07 Å². The smallest absolute Gasteiger partial charge is 0.356 e. The van der Waals surface area contributed by atoms with E-state index in [0.29, 0.717) is 28.2 Å². The van der Waals surface area contributed by atoms with Crippen LogP contribution in [-0.2, 0) is 4.57 Å². The fraction of sp³-hybridized carbons (Fsp3) is 0.200. The van der Waals surface area contributed by atoms with Gasteiger partial charge in [0.2, 0.25) is 0 Å². The Bertz CT molecular complexity index is 713. The van der Waals surface area contributed by atoms with Crippen molar-refractivity contribution in [2.24, 2.45) is 0 Å². The molecule has 0 bridgehead atoms. The fourth-order valence-electron chi connectivity index (χ4n) is 2.01. The summed E-state index contributed by atoms with van der Waals surface area (Å²) < 4.78 is 30.5. The van der Waals surface area contributed by atoms with Crippen molar-refractivity contribution in [3.63, 3.8) is 0 Å². The summed E-state index contributed by atoms with van der Waals surface area (Å²) in [4.78, 5) is 18.4. The average Bonchev–Trinajstić information content (AvgIpc) is 2.36. The first-order valence-corrected chi connectivity index (χ1v) is 7.91. The minimum atomic E-state index is -4.30. The van der Waals surface area contributed by atoms with Crippen LogP contribution in [0.2, 0.25) is 0 Å². The van der Waals surface area contributed by atoms with E-state index in [0.717, 1.165) is 0 Å². The van der Waals surface area contributed by atoms with E-state index in [-0.39, 0.29) is 11.1 Å². The van der Waals surface area contributed by atoms with Gasteiger partial charge in [-0.1, -0.05) is 6.07 Å². The molecule has 6 heteroatoms. The van der Waals surface area contributed by atoms with Crippen molar-refractivity contribution in [2.75, 3.05) is 0 Å². The van der Waals surface area contributed by atoms with E-state index in [9.17, 15) is 18.7 Å². The second-order valence-corrected chi connectivity index (χ2v) is 6.57. The third-order valence-corrected chi connectivity index (χ3v) is 4.08. The molecular weight excluding hydrogens is 294 g/mol. The van der Waals surface area contributed by atoms with Crippen molar-refractivity contribution >= 4 is 12.9 Å². The number of hydrogen-bond acceptors (Lipinski definition) is 2. The van der Waals surface area contributed by atoms with Crippen molar-refractivity contribution in [3.05, 3.63) is 52.8 Å². The van der Waals surface area contributed by atoms with Gasteiger partial charge in [-0.05, 0) is 55.7 Å². The molecule has 0 spiro atoms. The van der Waals surface area contributed by atoms with Gasteiger partial charge in [-0.2, -0.15) is 0 Å². The van der Waals surface area contributed by atoms with Crippen LogP contribution in [0.25, 0.3) is 0 Å². The van der Waals surface area contributed by atoms with E-state index in [1.165, 1.54) is 18.2 Å². The predicted molar refractivity (Wildman–Crippen MR) is 78.8 cm³/mol. The number of halogens is 1. The third kappa shape index (κ3) is 3.50. The lowest BCUT2D eigenvalue weighted by Gasteiger charge is -2.14. The Morgan fingerprint density at radius 3 is 2.05 bits per heavy atom. The largest absolute Gasteiger partial charge is 0.457 e. The van der Waals surface area contributed by atoms with E-state index >= 15 is 0 Å². The predicted octanol–water partition coefficient (Wildman–Crippen LogP) is 3.35. The lowest BCUT2D eigenvalue weighted by molar-refractivity contribution is 0.387. The number of rotatable bonds is 3. The first-order chi connectivity index (χ1) is 9.68. The van der Waals surface area contributed by atoms with Crippen LogP contribution >= 0.6 is 7.60 Å².